The molecule has 0 saturated carbocycles. The molecule has 0 aliphatic carbocycles. The number of sulfonamides is 1. The monoisotopic (exact) mass is 477 g/mol. The Balaban J connectivity index is 1.42. The highest BCUT2D eigenvalue weighted by Gasteiger charge is 2.41. The van der Waals surface area contributed by atoms with Crippen molar-refractivity contribution in [2.75, 3.05) is 39.3 Å². The normalized spacial score (nSPS) is 23.3. The molecule has 7 nitrogen and oxygen atoms in total. The number of rotatable bonds is 6. The average molecular weight is 478 g/mol. The fraction of sp³-hybridized carbons (Fsp3) is 0.435. The first-order valence-electron chi connectivity index (χ1n) is 10.8. The Morgan fingerprint density at radius 2 is 1.66 bits per heavy atom. The summed E-state index contributed by atoms with van der Waals surface area (Å²) in [5, 5.41) is 0.234. The van der Waals surface area contributed by atoms with E-state index < -0.39 is 10.0 Å². The molecule has 0 aromatic heterocycles. The van der Waals surface area contributed by atoms with Crippen molar-refractivity contribution in [3.63, 3.8) is 0 Å². The van der Waals surface area contributed by atoms with Crippen LogP contribution < -0.4 is 0 Å². The highest BCUT2D eigenvalue weighted by Crippen LogP contribution is 2.27. The number of hydrogen-bond acceptors (Lipinski definition) is 6. The van der Waals surface area contributed by atoms with Gasteiger partial charge in [0.15, 0.2) is 0 Å². The molecule has 2 aliphatic heterocycles. The summed E-state index contributed by atoms with van der Waals surface area (Å²) in [5.74, 6) is -0.290. The van der Waals surface area contributed by atoms with Gasteiger partial charge in [-0.15, -0.1) is 0 Å². The quantitative estimate of drug-likeness (QED) is 0.595. The van der Waals surface area contributed by atoms with Gasteiger partial charge in [0.1, 0.15) is 11.0 Å². The Kier molecular flexibility index (Phi) is 7.17. The van der Waals surface area contributed by atoms with Crippen LogP contribution >= 0.6 is 11.6 Å². The third kappa shape index (κ3) is 5.15. The zero-order valence-electron chi connectivity index (χ0n) is 18.1. The van der Waals surface area contributed by atoms with Crippen LogP contribution in [0, 0.1) is 0 Å². The number of likely N-dealkylation sites (tertiary alicyclic amines) is 1. The predicted molar refractivity (Wildman–Crippen MR) is 123 cm³/mol. The van der Waals surface area contributed by atoms with Gasteiger partial charge in [0.25, 0.3) is 0 Å². The highest BCUT2D eigenvalue weighted by molar-refractivity contribution is 7.89. The first-order valence-corrected chi connectivity index (χ1v) is 12.6. The number of piperazine rings is 1. The third-order valence-corrected chi connectivity index (χ3v) is 8.47. The average Bonchev–Trinajstić information content (AvgIpc) is 3.16. The summed E-state index contributed by atoms with van der Waals surface area (Å²) in [6.45, 7) is 5.55. The minimum Gasteiger partial charge on any atom is -0.459 e. The minimum atomic E-state index is -3.64. The molecular formula is C23H28ClN3O4S. The van der Waals surface area contributed by atoms with E-state index in [1.165, 1.54) is 16.8 Å². The molecule has 0 spiro atoms. The lowest BCUT2D eigenvalue weighted by molar-refractivity contribution is -0.148. The van der Waals surface area contributed by atoms with Gasteiger partial charge in [-0.1, -0.05) is 54.1 Å². The lowest BCUT2D eigenvalue weighted by Crippen LogP contribution is -2.55. The molecule has 0 bridgehead atoms. The maximum Gasteiger partial charge on any atom is 0.303 e. The number of nitrogens with zero attached hydrogens (tertiary/aromatic N) is 3. The molecular weight excluding hydrogens is 450 g/mol. The van der Waals surface area contributed by atoms with E-state index in [4.69, 9.17) is 16.3 Å². The van der Waals surface area contributed by atoms with Crippen molar-refractivity contribution in [2.24, 2.45) is 0 Å². The molecule has 9 heteroatoms. The van der Waals surface area contributed by atoms with Crippen LogP contribution in [0.15, 0.2) is 59.5 Å². The standard InChI is InChI=1S/C23H28ClN3O4S/c1-18(28)31-22-17-25(15-19-7-3-2-4-8-19)16-21(22)26-11-13-27(14-12-26)32(29,30)23-10-6-5-9-20(23)24/h2-10,21-22H,11-17H2,1H3/t21-,22+/m0/s1. The van der Waals surface area contributed by atoms with E-state index in [1.807, 2.05) is 18.2 Å². The molecule has 2 fully saturated rings. The predicted octanol–water partition coefficient (Wildman–Crippen LogP) is 2.46. The van der Waals surface area contributed by atoms with E-state index in [9.17, 15) is 13.2 Å². The summed E-state index contributed by atoms with van der Waals surface area (Å²) in [7, 11) is -3.64. The molecule has 0 unspecified atom stereocenters. The Morgan fingerprint density at radius 1 is 1.00 bits per heavy atom. The summed E-state index contributed by atoms with van der Waals surface area (Å²) in [4.78, 5) is 16.4. The van der Waals surface area contributed by atoms with Crippen LogP contribution in [0.25, 0.3) is 0 Å². The van der Waals surface area contributed by atoms with Gasteiger partial charge >= 0.3 is 5.97 Å². The molecule has 172 valence electrons. The van der Waals surface area contributed by atoms with Crippen molar-refractivity contribution in [3.8, 4) is 0 Å². The molecule has 4 rings (SSSR count). The van der Waals surface area contributed by atoms with Crippen LogP contribution in [-0.2, 0) is 26.1 Å². The van der Waals surface area contributed by atoms with Crippen LogP contribution in [0.1, 0.15) is 12.5 Å². The number of ether oxygens (including phenoxy) is 1. The summed E-state index contributed by atoms with van der Waals surface area (Å²) in [6, 6.07) is 16.8. The van der Waals surface area contributed by atoms with Crippen LogP contribution in [-0.4, -0.2) is 79.9 Å². The Labute approximate surface area is 194 Å². The fourth-order valence-electron chi connectivity index (χ4n) is 4.55. The Bertz CT molecular complexity index is 1040. The van der Waals surface area contributed by atoms with Gasteiger partial charge in [-0.25, -0.2) is 8.42 Å². The first kappa shape index (κ1) is 23.2. The van der Waals surface area contributed by atoms with E-state index in [-0.39, 0.29) is 28.0 Å². The molecule has 2 aromatic carbocycles. The van der Waals surface area contributed by atoms with Gasteiger partial charge in [-0.2, -0.15) is 4.31 Å². The molecule has 0 N–H and O–H groups in total. The number of carbonyl (C=O) groups excluding carboxylic acids is 1. The van der Waals surface area contributed by atoms with E-state index in [0.29, 0.717) is 32.7 Å². The molecule has 32 heavy (non-hydrogen) atoms. The van der Waals surface area contributed by atoms with Gasteiger partial charge in [0.2, 0.25) is 10.0 Å². The topological polar surface area (TPSA) is 70.2 Å². The second kappa shape index (κ2) is 9.89. The van der Waals surface area contributed by atoms with E-state index in [1.54, 1.807) is 24.3 Å². The van der Waals surface area contributed by atoms with Crippen LogP contribution in [0.5, 0.6) is 0 Å². The lowest BCUT2D eigenvalue weighted by atomic mass is 10.1. The summed E-state index contributed by atoms with van der Waals surface area (Å²) >= 11 is 6.14. The zero-order valence-corrected chi connectivity index (χ0v) is 19.6. The number of halogens is 1. The van der Waals surface area contributed by atoms with Gasteiger partial charge in [-0.3, -0.25) is 14.6 Å². The summed E-state index contributed by atoms with van der Waals surface area (Å²) in [5.41, 5.74) is 1.21. The number of esters is 1. The molecule has 2 heterocycles. The molecule has 2 atom stereocenters. The van der Waals surface area contributed by atoms with Gasteiger partial charge in [-0.05, 0) is 17.7 Å². The van der Waals surface area contributed by atoms with Gasteiger partial charge in [0.05, 0.1) is 11.1 Å². The van der Waals surface area contributed by atoms with Gasteiger partial charge in [0, 0.05) is 52.7 Å². The van der Waals surface area contributed by atoms with Crippen molar-refractivity contribution in [2.45, 2.75) is 30.5 Å². The van der Waals surface area contributed by atoms with E-state index in [2.05, 4.69) is 21.9 Å². The second-order valence-corrected chi connectivity index (χ2v) is 10.6. The Hall–Kier alpha value is -1.97. The molecule has 2 aliphatic rings. The molecule has 2 saturated heterocycles. The molecule has 0 amide bonds. The zero-order chi connectivity index (χ0) is 22.7. The summed E-state index contributed by atoms with van der Waals surface area (Å²) in [6.07, 6.45) is -0.233. The van der Waals surface area contributed by atoms with Crippen LogP contribution in [0.3, 0.4) is 0 Å². The summed E-state index contributed by atoms with van der Waals surface area (Å²) < 4.78 is 33.2. The Morgan fingerprint density at radius 3 is 2.31 bits per heavy atom. The SMILES string of the molecule is CC(=O)O[C@@H]1CN(Cc2ccccc2)C[C@@H]1N1CCN(S(=O)(=O)c2ccccc2Cl)CC1. The third-order valence-electron chi connectivity index (χ3n) is 6.08. The smallest absolute Gasteiger partial charge is 0.303 e. The molecule has 2 aromatic rings. The number of carbonyl (C=O) groups is 1. The fourth-order valence-corrected chi connectivity index (χ4v) is 6.47. The number of hydrogen-bond donors (Lipinski definition) is 0. The minimum absolute atomic E-state index is 0.0350. The van der Waals surface area contributed by atoms with E-state index in [0.717, 1.165) is 13.1 Å². The maximum absolute atomic E-state index is 13.0. The van der Waals surface area contributed by atoms with Crippen molar-refractivity contribution in [3.05, 3.63) is 65.2 Å². The highest BCUT2D eigenvalue weighted by atomic mass is 35.5. The van der Waals surface area contributed by atoms with E-state index >= 15 is 0 Å². The van der Waals surface area contributed by atoms with Crippen molar-refractivity contribution in [1.82, 2.24) is 14.1 Å². The van der Waals surface area contributed by atoms with Crippen LogP contribution in [0.2, 0.25) is 5.02 Å². The lowest BCUT2D eigenvalue weighted by Gasteiger charge is -2.38. The maximum atomic E-state index is 13.0. The van der Waals surface area contributed by atoms with Crippen molar-refractivity contribution < 1.29 is 17.9 Å². The van der Waals surface area contributed by atoms with Crippen LogP contribution in [0.4, 0.5) is 0 Å². The largest absolute Gasteiger partial charge is 0.459 e. The van der Waals surface area contributed by atoms with Crippen molar-refractivity contribution in [1.29, 1.82) is 0 Å². The van der Waals surface area contributed by atoms with Gasteiger partial charge < -0.3 is 4.74 Å². The first-order chi connectivity index (χ1) is 15.3. The second-order valence-electron chi connectivity index (χ2n) is 8.27. The van der Waals surface area contributed by atoms with Crippen molar-refractivity contribution >= 4 is 27.6 Å². The molecule has 0 radical (unpaired) electrons. The number of benzene rings is 2.